The van der Waals surface area contributed by atoms with E-state index in [1.165, 1.54) is 0 Å². The number of nitrogens with one attached hydrogen (secondary N) is 1. The lowest BCUT2D eigenvalue weighted by Gasteiger charge is -2.41. The van der Waals surface area contributed by atoms with E-state index in [9.17, 15) is 4.79 Å². The van der Waals surface area contributed by atoms with Gasteiger partial charge in [0.1, 0.15) is 0 Å². The Morgan fingerprint density at radius 1 is 1.42 bits per heavy atom. The number of methoxy groups -OCH3 is 1. The minimum absolute atomic E-state index is 0.0723. The van der Waals surface area contributed by atoms with Crippen molar-refractivity contribution < 1.29 is 9.53 Å². The Labute approximate surface area is 116 Å². The van der Waals surface area contributed by atoms with Gasteiger partial charge in [-0.2, -0.15) is 0 Å². The largest absolute Gasteiger partial charge is 0.383 e. The highest BCUT2D eigenvalue weighted by atomic mass is 16.5. The van der Waals surface area contributed by atoms with Crippen molar-refractivity contribution in [3.8, 4) is 0 Å². The molecule has 2 saturated heterocycles. The number of carbonyl (C=O) groups excluding carboxylic acids is 1. The van der Waals surface area contributed by atoms with Crippen LogP contribution in [0.25, 0.3) is 0 Å². The third-order valence-corrected chi connectivity index (χ3v) is 4.33. The van der Waals surface area contributed by atoms with E-state index in [0.717, 1.165) is 58.6 Å². The van der Waals surface area contributed by atoms with Crippen molar-refractivity contribution >= 4 is 5.91 Å². The molecular formula is C14H27N3O2. The van der Waals surface area contributed by atoms with Crippen molar-refractivity contribution in [1.29, 1.82) is 0 Å². The van der Waals surface area contributed by atoms with Gasteiger partial charge in [0.05, 0.1) is 12.6 Å². The summed E-state index contributed by atoms with van der Waals surface area (Å²) in [6, 6.07) is 0.553. The molecule has 2 heterocycles. The summed E-state index contributed by atoms with van der Waals surface area (Å²) in [5.41, 5.74) is 0. The average molecular weight is 269 g/mol. The molecule has 1 amide bonds. The normalized spacial score (nSPS) is 28.8. The van der Waals surface area contributed by atoms with Crippen LogP contribution in [0.2, 0.25) is 0 Å². The van der Waals surface area contributed by atoms with E-state index in [0.29, 0.717) is 11.9 Å². The minimum Gasteiger partial charge on any atom is -0.383 e. The number of ether oxygens (including phenoxy) is 1. The van der Waals surface area contributed by atoms with Crippen LogP contribution in [0.1, 0.15) is 26.2 Å². The van der Waals surface area contributed by atoms with Crippen LogP contribution in [0.4, 0.5) is 0 Å². The molecule has 0 radical (unpaired) electrons. The topological polar surface area (TPSA) is 44.8 Å². The van der Waals surface area contributed by atoms with Gasteiger partial charge in [0.25, 0.3) is 0 Å². The molecule has 2 rings (SSSR count). The first-order valence-electron chi connectivity index (χ1n) is 7.51. The van der Waals surface area contributed by atoms with Crippen LogP contribution in [0, 0.1) is 0 Å². The van der Waals surface area contributed by atoms with E-state index in [4.69, 9.17) is 4.74 Å². The Bertz CT molecular complexity index is 292. The molecule has 0 aromatic rings. The van der Waals surface area contributed by atoms with Gasteiger partial charge in [0.2, 0.25) is 5.91 Å². The first-order valence-corrected chi connectivity index (χ1v) is 7.51. The van der Waals surface area contributed by atoms with Crippen LogP contribution in [0.5, 0.6) is 0 Å². The molecule has 0 bridgehead atoms. The van der Waals surface area contributed by atoms with Gasteiger partial charge >= 0.3 is 0 Å². The predicted molar refractivity (Wildman–Crippen MR) is 75.1 cm³/mol. The SMILES string of the molecule is CCC1CN(C(=O)C2CCCN2)CCN1CCOC. The summed E-state index contributed by atoms with van der Waals surface area (Å²) in [6.45, 7) is 7.63. The van der Waals surface area contributed by atoms with E-state index >= 15 is 0 Å². The zero-order valence-corrected chi connectivity index (χ0v) is 12.2. The Morgan fingerprint density at radius 3 is 2.89 bits per heavy atom. The van der Waals surface area contributed by atoms with Gasteiger partial charge in [-0.05, 0) is 25.8 Å². The molecule has 19 heavy (non-hydrogen) atoms. The molecule has 5 heteroatoms. The summed E-state index contributed by atoms with van der Waals surface area (Å²) in [6.07, 6.45) is 3.21. The van der Waals surface area contributed by atoms with E-state index in [1.807, 2.05) is 0 Å². The Kier molecular flexibility index (Phi) is 5.60. The summed E-state index contributed by atoms with van der Waals surface area (Å²) in [5, 5.41) is 3.31. The number of rotatable bonds is 5. The number of nitrogens with zero attached hydrogens (tertiary/aromatic N) is 2. The number of hydrogen-bond donors (Lipinski definition) is 1. The van der Waals surface area contributed by atoms with Gasteiger partial charge in [0, 0.05) is 39.3 Å². The molecule has 2 aliphatic heterocycles. The van der Waals surface area contributed by atoms with Crippen molar-refractivity contribution in [1.82, 2.24) is 15.1 Å². The standard InChI is InChI=1S/C14H27N3O2/c1-3-12-11-17(8-7-16(12)9-10-19-2)14(18)13-5-4-6-15-13/h12-13,15H,3-11H2,1-2H3. The van der Waals surface area contributed by atoms with E-state index in [1.54, 1.807) is 7.11 Å². The van der Waals surface area contributed by atoms with Crippen LogP contribution >= 0.6 is 0 Å². The molecule has 0 aromatic carbocycles. The quantitative estimate of drug-likeness (QED) is 0.780. The Morgan fingerprint density at radius 2 is 2.26 bits per heavy atom. The fraction of sp³-hybridized carbons (Fsp3) is 0.929. The van der Waals surface area contributed by atoms with E-state index < -0.39 is 0 Å². The molecule has 2 aliphatic rings. The van der Waals surface area contributed by atoms with Gasteiger partial charge in [-0.15, -0.1) is 0 Å². The first kappa shape index (κ1) is 14.8. The molecule has 1 N–H and O–H groups in total. The highest BCUT2D eigenvalue weighted by Gasteiger charge is 2.32. The lowest BCUT2D eigenvalue weighted by molar-refractivity contribution is -0.136. The lowest BCUT2D eigenvalue weighted by Crippen LogP contribution is -2.57. The summed E-state index contributed by atoms with van der Waals surface area (Å²) >= 11 is 0. The molecule has 0 spiro atoms. The number of piperazine rings is 1. The van der Waals surface area contributed by atoms with Crippen LogP contribution in [-0.2, 0) is 9.53 Å². The van der Waals surface area contributed by atoms with E-state index in [2.05, 4.69) is 22.0 Å². The molecule has 2 unspecified atom stereocenters. The van der Waals surface area contributed by atoms with Crippen molar-refractivity contribution in [3.63, 3.8) is 0 Å². The molecule has 2 fully saturated rings. The third-order valence-electron chi connectivity index (χ3n) is 4.33. The van der Waals surface area contributed by atoms with Gasteiger partial charge < -0.3 is 15.0 Å². The van der Waals surface area contributed by atoms with Crippen LogP contribution in [-0.4, -0.2) is 74.2 Å². The smallest absolute Gasteiger partial charge is 0.239 e. The predicted octanol–water partition coefficient (Wildman–Crippen LogP) is 0.308. The molecule has 5 nitrogen and oxygen atoms in total. The first-order chi connectivity index (χ1) is 9.26. The molecule has 0 aliphatic carbocycles. The lowest BCUT2D eigenvalue weighted by atomic mass is 10.1. The maximum Gasteiger partial charge on any atom is 0.239 e. The zero-order chi connectivity index (χ0) is 13.7. The second-order valence-corrected chi connectivity index (χ2v) is 5.52. The maximum absolute atomic E-state index is 12.4. The van der Waals surface area contributed by atoms with Gasteiger partial charge in [-0.25, -0.2) is 0 Å². The third kappa shape index (κ3) is 3.68. The fourth-order valence-corrected chi connectivity index (χ4v) is 3.10. The zero-order valence-electron chi connectivity index (χ0n) is 12.2. The minimum atomic E-state index is 0.0723. The summed E-state index contributed by atoms with van der Waals surface area (Å²) < 4.78 is 5.16. The number of hydrogen-bond acceptors (Lipinski definition) is 4. The Balaban J connectivity index is 1.86. The molecular weight excluding hydrogens is 242 g/mol. The van der Waals surface area contributed by atoms with Crippen molar-refractivity contribution in [2.45, 2.75) is 38.3 Å². The van der Waals surface area contributed by atoms with E-state index in [-0.39, 0.29) is 6.04 Å². The second-order valence-electron chi connectivity index (χ2n) is 5.52. The van der Waals surface area contributed by atoms with Gasteiger partial charge in [-0.1, -0.05) is 6.92 Å². The average Bonchev–Trinajstić information content (AvgIpc) is 2.98. The van der Waals surface area contributed by atoms with Gasteiger partial charge in [-0.3, -0.25) is 9.69 Å². The van der Waals surface area contributed by atoms with Crippen molar-refractivity contribution in [2.75, 3.05) is 46.4 Å². The van der Waals surface area contributed by atoms with Crippen LogP contribution < -0.4 is 5.32 Å². The molecule has 0 saturated carbocycles. The number of carbonyl (C=O) groups is 1. The fourth-order valence-electron chi connectivity index (χ4n) is 3.10. The maximum atomic E-state index is 12.4. The number of amides is 1. The monoisotopic (exact) mass is 269 g/mol. The summed E-state index contributed by atoms with van der Waals surface area (Å²) in [4.78, 5) is 16.9. The molecule has 110 valence electrons. The molecule has 0 aromatic heterocycles. The highest BCUT2D eigenvalue weighted by molar-refractivity contribution is 5.82. The summed E-state index contributed by atoms with van der Waals surface area (Å²) in [7, 11) is 1.74. The Hall–Kier alpha value is -0.650. The summed E-state index contributed by atoms with van der Waals surface area (Å²) in [5.74, 6) is 0.308. The molecule has 2 atom stereocenters. The van der Waals surface area contributed by atoms with Crippen molar-refractivity contribution in [3.05, 3.63) is 0 Å². The van der Waals surface area contributed by atoms with Crippen LogP contribution in [0.15, 0.2) is 0 Å². The van der Waals surface area contributed by atoms with Gasteiger partial charge in [0.15, 0.2) is 0 Å². The second kappa shape index (κ2) is 7.22. The van der Waals surface area contributed by atoms with Crippen molar-refractivity contribution in [2.24, 2.45) is 0 Å². The van der Waals surface area contributed by atoms with Crippen LogP contribution in [0.3, 0.4) is 0 Å². The highest BCUT2D eigenvalue weighted by Crippen LogP contribution is 2.16.